The quantitative estimate of drug-likeness (QED) is 0.314. The third-order valence-electron chi connectivity index (χ3n) is 5.06. The van der Waals surface area contributed by atoms with Gasteiger partial charge in [0.1, 0.15) is 12.3 Å². The first kappa shape index (κ1) is 21.7. The normalized spacial score (nSPS) is 11.2. The number of esters is 1. The Labute approximate surface area is 188 Å². The van der Waals surface area contributed by atoms with Gasteiger partial charge in [-0.2, -0.15) is 5.10 Å². The van der Waals surface area contributed by atoms with Crippen LogP contribution < -0.4 is 11.1 Å². The van der Waals surface area contributed by atoms with Crippen molar-refractivity contribution in [2.45, 2.75) is 39.3 Å². The zero-order chi connectivity index (χ0) is 22.7. The van der Waals surface area contributed by atoms with Gasteiger partial charge in [-0.15, -0.1) is 0 Å². The minimum absolute atomic E-state index is 0.0565. The summed E-state index contributed by atoms with van der Waals surface area (Å²) >= 11 is 5.92. The Morgan fingerprint density at radius 1 is 1.09 bits per heavy atom. The highest BCUT2D eigenvalue weighted by atomic mass is 35.5. The predicted octanol–water partition coefficient (Wildman–Crippen LogP) is 3.61. The van der Waals surface area contributed by atoms with Gasteiger partial charge in [-0.1, -0.05) is 49.6 Å². The van der Waals surface area contributed by atoms with Gasteiger partial charge in [0.15, 0.2) is 5.69 Å². The van der Waals surface area contributed by atoms with Gasteiger partial charge < -0.3 is 4.74 Å². The number of fused-ring (bicyclic) bond motifs is 2. The second kappa shape index (κ2) is 9.32. The van der Waals surface area contributed by atoms with E-state index < -0.39 is 5.97 Å². The zero-order valence-corrected chi connectivity index (χ0v) is 18.2. The highest BCUT2D eigenvalue weighted by Crippen LogP contribution is 2.15. The first-order valence-electron chi connectivity index (χ1n) is 10.3. The Hall–Kier alpha value is -3.52. The molecule has 164 valence electrons. The maximum Gasteiger partial charge on any atom is 0.359 e. The van der Waals surface area contributed by atoms with Crippen LogP contribution >= 0.6 is 11.6 Å². The fourth-order valence-corrected chi connectivity index (χ4v) is 3.62. The summed E-state index contributed by atoms with van der Waals surface area (Å²) in [6, 6.07) is 11.3. The summed E-state index contributed by atoms with van der Waals surface area (Å²) in [6.45, 7) is 2.28. The molecule has 0 saturated carbocycles. The number of hydrogen-bond acceptors (Lipinski definition) is 6. The summed E-state index contributed by atoms with van der Waals surface area (Å²) in [6.07, 6.45) is 4.21. The van der Waals surface area contributed by atoms with E-state index in [0.29, 0.717) is 33.7 Å². The van der Waals surface area contributed by atoms with Crippen LogP contribution in [0.25, 0.3) is 16.4 Å². The molecule has 0 radical (unpaired) electrons. The molecule has 0 amide bonds. The van der Waals surface area contributed by atoms with Crippen LogP contribution in [0.5, 0.6) is 0 Å². The topological polar surface area (TPSA) is 95.6 Å². The fourth-order valence-electron chi connectivity index (χ4n) is 3.46. The standard InChI is InChI=1S/C23H21ClN4O4/c1-2-3-6-11-28-22(30)18-8-5-4-7-17(18)21(26-28)23(31)32-14-16-12-20(29)27-13-15(24)9-10-19(27)25-16/h4-5,7-10,12-13H,2-3,6,11,14H2,1H3. The molecule has 0 saturated heterocycles. The molecule has 0 atom stereocenters. The summed E-state index contributed by atoms with van der Waals surface area (Å²) in [5.74, 6) is -0.691. The van der Waals surface area contributed by atoms with Gasteiger partial charge in [0.25, 0.3) is 11.1 Å². The Kier molecular flexibility index (Phi) is 6.32. The lowest BCUT2D eigenvalue weighted by Crippen LogP contribution is -2.26. The zero-order valence-electron chi connectivity index (χ0n) is 17.5. The largest absolute Gasteiger partial charge is 0.454 e. The molecule has 4 aromatic rings. The van der Waals surface area contributed by atoms with Crippen LogP contribution in [0.2, 0.25) is 5.02 Å². The SMILES string of the molecule is CCCCCn1nc(C(=O)OCc2cc(=O)n3cc(Cl)ccc3n2)c2ccccc2c1=O. The van der Waals surface area contributed by atoms with E-state index in [1.54, 1.807) is 36.4 Å². The van der Waals surface area contributed by atoms with E-state index >= 15 is 0 Å². The smallest absolute Gasteiger partial charge is 0.359 e. The monoisotopic (exact) mass is 452 g/mol. The van der Waals surface area contributed by atoms with Crippen molar-refractivity contribution in [2.24, 2.45) is 0 Å². The first-order valence-corrected chi connectivity index (χ1v) is 10.7. The number of ether oxygens (including phenoxy) is 1. The Bertz CT molecular complexity index is 1430. The predicted molar refractivity (Wildman–Crippen MR) is 121 cm³/mol. The van der Waals surface area contributed by atoms with Crippen molar-refractivity contribution < 1.29 is 9.53 Å². The number of aryl methyl sites for hydroxylation is 1. The molecule has 0 N–H and O–H groups in total. The van der Waals surface area contributed by atoms with Crippen LogP contribution in [0.15, 0.2) is 58.3 Å². The molecular weight excluding hydrogens is 432 g/mol. The van der Waals surface area contributed by atoms with E-state index in [9.17, 15) is 14.4 Å². The maximum atomic E-state index is 12.9. The van der Waals surface area contributed by atoms with E-state index in [2.05, 4.69) is 17.0 Å². The number of hydrogen-bond donors (Lipinski definition) is 0. The van der Waals surface area contributed by atoms with Crippen LogP contribution in [-0.4, -0.2) is 25.1 Å². The summed E-state index contributed by atoms with van der Waals surface area (Å²) in [5.41, 5.74) is 0.168. The van der Waals surface area contributed by atoms with E-state index in [-0.39, 0.29) is 23.4 Å². The van der Waals surface area contributed by atoms with Crippen molar-refractivity contribution in [1.82, 2.24) is 19.2 Å². The van der Waals surface area contributed by atoms with Gasteiger partial charge in [0.2, 0.25) is 0 Å². The van der Waals surface area contributed by atoms with E-state index in [0.717, 1.165) is 19.3 Å². The number of aromatic nitrogens is 4. The number of pyridine rings is 1. The summed E-state index contributed by atoms with van der Waals surface area (Å²) < 4.78 is 8.05. The summed E-state index contributed by atoms with van der Waals surface area (Å²) in [4.78, 5) is 42.3. The van der Waals surface area contributed by atoms with Crippen LogP contribution in [0.4, 0.5) is 0 Å². The molecule has 0 bridgehead atoms. The van der Waals surface area contributed by atoms with E-state index in [4.69, 9.17) is 16.3 Å². The van der Waals surface area contributed by atoms with Crippen molar-refractivity contribution in [1.29, 1.82) is 0 Å². The van der Waals surface area contributed by atoms with Crippen LogP contribution in [0.1, 0.15) is 42.4 Å². The van der Waals surface area contributed by atoms with Gasteiger partial charge in [0.05, 0.1) is 16.1 Å². The van der Waals surface area contributed by atoms with Crippen molar-refractivity contribution >= 4 is 34.0 Å². The summed E-state index contributed by atoms with van der Waals surface area (Å²) in [7, 11) is 0. The van der Waals surface area contributed by atoms with Crippen LogP contribution in [-0.2, 0) is 17.9 Å². The number of nitrogens with zero attached hydrogens (tertiary/aromatic N) is 4. The van der Waals surface area contributed by atoms with Crippen molar-refractivity contribution in [2.75, 3.05) is 0 Å². The maximum absolute atomic E-state index is 12.9. The number of carbonyl (C=O) groups is 1. The minimum Gasteiger partial charge on any atom is -0.454 e. The number of rotatable bonds is 7. The molecule has 3 heterocycles. The van der Waals surface area contributed by atoms with Gasteiger partial charge in [0, 0.05) is 24.2 Å². The molecule has 8 nitrogen and oxygen atoms in total. The molecule has 32 heavy (non-hydrogen) atoms. The van der Waals surface area contributed by atoms with Crippen molar-refractivity contribution in [3.05, 3.63) is 85.8 Å². The number of carbonyl (C=O) groups excluding carboxylic acids is 1. The molecule has 3 aromatic heterocycles. The van der Waals surface area contributed by atoms with E-state index in [1.165, 1.54) is 21.3 Å². The molecule has 1 aromatic carbocycles. The van der Waals surface area contributed by atoms with Crippen molar-refractivity contribution in [3.63, 3.8) is 0 Å². The molecule has 0 aliphatic rings. The lowest BCUT2D eigenvalue weighted by Gasteiger charge is -2.11. The van der Waals surface area contributed by atoms with Crippen LogP contribution in [0, 0.1) is 0 Å². The van der Waals surface area contributed by atoms with Gasteiger partial charge in [-0.3, -0.25) is 14.0 Å². The highest BCUT2D eigenvalue weighted by molar-refractivity contribution is 6.30. The molecule has 0 fully saturated rings. The second-order valence-corrected chi connectivity index (χ2v) is 7.80. The van der Waals surface area contributed by atoms with Gasteiger partial charge in [-0.05, 0) is 24.6 Å². The van der Waals surface area contributed by atoms with Gasteiger partial charge >= 0.3 is 5.97 Å². The lowest BCUT2D eigenvalue weighted by molar-refractivity contribution is 0.0460. The molecular formula is C23H21ClN4O4. The third-order valence-corrected chi connectivity index (χ3v) is 5.29. The average molecular weight is 453 g/mol. The number of halogens is 1. The van der Waals surface area contributed by atoms with E-state index in [1.807, 2.05) is 0 Å². The van der Waals surface area contributed by atoms with Crippen LogP contribution in [0.3, 0.4) is 0 Å². The fraction of sp³-hybridized carbons (Fsp3) is 0.261. The first-order chi connectivity index (χ1) is 15.5. The lowest BCUT2D eigenvalue weighted by atomic mass is 10.1. The molecule has 0 aliphatic carbocycles. The third kappa shape index (κ3) is 4.40. The highest BCUT2D eigenvalue weighted by Gasteiger charge is 2.18. The second-order valence-electron chi connectivity index (χ2n) is 7.37. The molecule has 0 spiro atoms. The average Bonchev–Trinajstić information content (AvgIpc) is 2.79. The Morgan fingerprint density at radius 3 is 2.66 bits per heavy atom. The number of unbranched alkanes of at least 4 members (excludes halogenated alkanes) is 2. The molecule has 4 rings (SSSR count). The summed E-state index contributed by atoms with van der Waals surface area (Å²) in [5, 5.41) is 5.53. The van der Waals surface area contributed by atoms with Crippen molar-refractivity contribution in [3.8, 4) is 0 Å². The Morgan fingerprint density at radius 2 is 1.88 bits per heavy atom. The molecule has 0 aliphatic heterocycles. The number of benzene rings is 1. The molecule has 0 unspecified atom stereocenters. The molecule has 9 heteroatoms. The van der Waals surface area contributed by atoms with Gasteiger partial charge in [-0.25, -0.2) is 14.5 Å². The Balaban J connectivity index is 1.63. The minimum atomic E-state index is -0.691.